The lowest BCUT2D eigenvalue weighted by Gasteiger charge is -2.06. The maximum atomic E-state index is 11.5. The van der Waals surface area contributed by atoms with E-state index in [1.165, 1.54) is 0 Å². The normalized spacial score (nSPS) is 9.95. The predicted octanol–water partition coefficient (Wildman–Crippen LogP) is 2.21. The summed E-state index contributed by atoms with van der Waals surface area (Å²) in [6.07, 6.45) is -0.466. The lowest BCUT2D eigenvalue weighted by molar-refractivity contribution is 0.139. The van der Waals surface area contributed by atoms with Crippen LogP contribution in [0.15, 0.2) is 42.5 Å². The molecule has 2 rings (SSSR count). The number of benzene rings is 1. The third kappa shape index (κ3) is 4.39. The van der Waals surface area contributed by atoms with E-state index in [9.17, 15) is 4.79 Å². The molecule has 1 aromatic carbocycles. The third-order valence-electron chi connectivity index (χ3n) is 2.48. The maximum Gasteiger partial charge on any atom is 0.407 e. The lowest BCUT2D eigenvalue weighted by Crippen LogP contribution is -2.24. The van der Waals surface area contributed by atoms with Gasteiger partial charge in [-0.2, -0.15) is 10.2 Å². The number of carbonyl (C=O) groups is 1. The molecule has 2 aromatic rings. The van der Waals surface area contributed by atoms with Crippen LogP contribution in [0.4, 0.5) is 4.79 Å². The van der Waals surface area contributed by atoms with Crippen LogP contribution in [0.5, 0.6) is 0 Å². The molecule has 5 nitrogen and oxygen atoms in total. The lowest BCUT2D eigenvalue weighted by atomic mass is 10.2. The maximum absolute atomic E-state index is 11.5. The number of hydrogen-bond donors (Lipinski definition) is 1. The number of hydrogen-bond acceptors (Lipinski definition) is 4. The highest BCUT2D eigenvalue weighted by molar-refractivity contribution is 5.67. The molecule has 1 N–H and O–H groups in total. The zero-order chi connectivity index (χ0) is 13.5. The van der Waals surface area contributed by atoms with Crippen molar-refractivity contribution in [2.24, 2.45) is 0 Å². The summed E-state index contributed by atoms with van der Waals surface area (Å²) in [5.74, 6) is 0. The molecule has 1 heterocycles. The summed E-state index contributed by atoms with van der Waals surface area (Å²) in [7, 11) is 0. The van der Waals surface area contributed by atoms with Gasteiger partial charge in [0, 0.05) is 0 Å². The Morgan fingerprint density at radius 2 is 1.95 bits per heavy atom. The van der Waals surface area contributed by atoms with E-state index in [1.807, 2.05) is 49.4 Å². The number of aromatic nitrogens is 2. The summed E-state index contributed by atoms with van der Waals surface area (Å²) < 4.78 is 5.08. The van der Waals surface area contributed by atoms with Crippen LogP contribution in [0.3, 0.4) is 0 Å². The minimum Gasteiger partial charge on any atom is -0.445 e. The topological polar surface area (TPSA) is 64.1 Å². The number of nitrogens with one attached hydrogen (secondary N) is 1. The largest absolute Gasteiger partial charge is 0.445 e. The van der Waals surface area contributed by atoms with Crippen molar-refractivity contribution in [3.8, 4) is 0 Å². The number of nitrogens with zero attached hydrogens (tertiary/aromatic N) is 2. The molecule has 0 bridgehead atoms. The van der Waals surface area contributed by atoms with E-state index in [0.717, 1.165) is 11.3 Å². The first kappa shape index (κ1) is 13.0. The zero-order valence-corrected chi connectivity index (χ0v) is 10.7. The molecule has 0 atom stereocenters. The average molecular weight is 257 g/mol. The van der Waals surface area contributed by atoms with Crippen LogP contribution in [0, 0.1) is 6.92 Å². The Kier molecular flexibility index (Phi) is 4.44. The predicted molar refractivity (Wildman–Crippen MR) is 70.2 cm³/mol. The van der Waals surface area contributed by atoms with Gasteiger partial charge in [0.15, 0.2) is 0 Å². The SMILES string of the molecule is Cc1ccc(CNC(=O)OCc2ccccc2)nn1. The van der Waals surface area contributed by atoms with Gasteiger partial charge in [0.05, 0.1) is 17.9 Å². The fourth-order valence-electron chi connectivity index (χ4n) is 1.46. The molecule has 5 heteroatoms. The van der Waals surface area contributed by atoms with Crippen molar-refractivity contribution < 1.29 is 9.53 Å². The summed E-state index contributed by atoms with van der Waals surface area (Å²) in [5.41, 5.74) is 2.49. The zero-order valence-electron chi connectivity index (χ0n) is 10.7. The minimum atomic E-state index is -0.466. The second-order valence-electron chi connectivity index (χ2n) is 4.08. The summed E-state index contributed by atoms with van der Waals surface area (Å²) in [5, 5.41) is 10.5. The first-order valence-corrected chi connectivity index (χ1v) is 5.98. The molecule has 0 unspecified atom stereocenters. The van der Waals surface area contributed by atoms with Gasteiger partial charge < -0.3 is 10.1 Å². The van der Waals surface area contributed by atoms with E-state index in [-0.39, 0.29) is 6.61 Å². The number of rotatable bonds is 4. The first-order chi connectivity index (χ1) is 9.24. The van der Waals surface area contributed by atoms with E-state index < -0.39 is 6.09 Å². The number of amides is 1. The molecule has 0 fully saturated rings. The van der Waals surface area contributed by atoms with Gasteiger partial charge in [0.1, 0.15) is 6.61 Å². The molecule has 0 saturated heterocycles. The molecule has 0 aliphatic rings. The van der Waals surface area contributed by atoms with E-state index in [2.05, 4.69) is 15.5 Å². The Bertz CT molecular complexity index is 526. The minimum absolute atomic E-state index is 0.256. The van der Waals surface area contributed by atoms with Crippen molar-refractivity contribution in [3.63, 3.8) is 0 Å². The summed E-state index contributed by atoms with van der Waals surface area (Å²) in [6.45, 7) is 2.42. The van der Waals surface area contributed by atoms with Crippen molar-refractivity contribution >= 4 is 6.09 Å². The number of alkyl carbamates (subject to hydrolysis) is 1. The molecule has 0 aliphatic heterocycles. The average Bonchev–Trinajstić information content (AvgIpc) is 2.45. The van der Waals surface area contributed by atoms with Crippen LogP contribution in [0.1, 0.15) is 17.0 Å². The van der Waals surface area contributed by atoms with Gasteiger partial charge in [-0.25, -0.2) is 4.79 Å². The van der Waals surface area contributed by atoms with Gasteiger partial charge in [0.25, 0.3) is 0 Å². The molecule has 1 aromatic heterocycles. The van der Waals surface area contributed by atoms with Crippen LogP contribution in [-0.4, -0.2) is 16.3 Å². The van der Waals surface area contributed by atoms with Crippen LogP contribution >= 0.6 is 0 Å². The Balaban J connectivity index is 1.74. The highest BCUT2D eigenvalue weighted by Crippen LogP contribution is 2.01. The summed E-state index contributed by atoms with van der Waals surface area (Å²) in [6, 6.07) is 13.2. The second-order valence-corrected chi connectivity index (χ2v) is 4.08. The van der Waals surface area contributed by atoms with Crippen molar-refractivity contribution in [1.82, 2.24) is 15.5 Å². The van der Waals surface area contributed by atoms with Gasteiger partial charge in [-0.15, -0.1) is 0 Å². The molecular weight excluding hydrogens is 242 g/mol. The molecule has 0 saturated carbocycles. The van der Waals surface area contributed by atoms with Gasteiger partial charge in [0.2, 0.25) is 0 Å². The van der Waals surface area contributed by atoms with Crippen LogP contribution in [0.25, 0.3) is 0 Å². The van der Waals surface area contributed by atoms with Crippen molar-refractivity contribution in [1.29, 1.82) is 0 Å². The van der Waals surface area contributed by atoms with Crippen LogP contribution < -0.4 is 5.32 Å². The van der Waals surface area contributed by atoms with E-state index in [1.54, 1.807) is 0 Å². The third-order valence-corrected chi connectivity index (χ3v) is 2.48. The summed E-state index contributed by atoms with van der Waals surface area (Å²) >= 11 is 0. The Morgan fingerprint density at radius 3 is 2.63 bits per heavy atom. The van der Waals surface area contributed by atoms with Gasteiger partial charge in [-0.05, 0) is 24.6 Å². The standard InChI is InChI=1S/C14H15N3O2/c1-11-7-8-13(17-16-11)9-15-14(18)19-10-12-5-3-2-4-6-12/h2-8H,9-10H2,1H3,(H,15,18). The smallest absolute Gasteiger partial charge is 0.407 e. The molecule has 1 amide bonds. The van der Waals surface area contributed by atoms with Crippen LogP contribution in [-0.2, 0) is 17.9 Å². The van der Waals surface area contributed by atoms with E-state index in [0.29, 0.717) is 12.2 Å². The molecule has 0 aliphatic carbocycles. The number of ether oxygens (including phenoxy) is 1. The van der Waals surface area contributed by atoms with Gasteiger partial charge in [-0.3, -0.25) is 0 Å². The van der Waals surface area contributed by atoms with Gasteiger partial charge >= 0.3 is 6.09 Å². The van der Waals surface area contributed by atoms with Crippen molar-refractivity contribution in [2.75, 3.05) is 0 Å². The first-order valence-electron chi connectivity index (χ1n) is 5.98. The van der Waals surface area contributed by atoms with Crippen molar-refractivity contribution in [3.05, 3.63) is 59.4 Å². The molecular formula is C14H15N3O2. The highest BCUT2D eigenvalue weighted by Gasteiger charge is 2.03. The fourth-order valence-corrected chi connectivity index (χ4v) is 1.46. The Hall–Kier alpha value is -2.43. The second kappa shape index (κ2) is 6.49. The molecule has 98 valence electrons. The fraction of sp³-hybridized carbons (Fsp3) is 0.214. The van der Waals surface area contributed by atoms with Gasteiger partial charge in [-0.1, -0.05) is 30.3 Å². The monoisotopic (exact) mass is 257 g/mol. The number of aryl methyl sites for hydroxylation is 1. The summed E-state index contributed by atoms with van der Waals surface area (Å²) in [4.78, 5) is 11.5. The van der Waals surface area contributed by atoms with Crippen molar-refractivity contribution in [2.45, 2.75) is 20.1 Å². The molecule has 19 heavy (non-hydrogen) atoms. The molecule has 0 spiro atoms. The molecule has 0 radical (unpaired) electrons. The number of carbonyl (C=O) groups excluding carboxylic acids is 1. The quantitative estimate of drug-likeness (QED) is 0.912. The van der Waals surface area contributed by atoms with E-state index in [4.69, 9.17) is 4.74 Å². The highest BCUT2D eigenvalue weighted by atomic mass is 16.5. The Labute approximate surface area is 111 Å². The van der Waals surface area contributed by atoms with Crippen LogP contribution in [0.2, 0.25) is 0 Å². The Morgan fingerprint density at radius 1 is 1.16 bits per heavy atom. The van der Waals surface area contributed by atoms with E-state index >= 15 is 0 Å².